The Bertz CT molecular complexity index is 174. The zero-order valence-corrected chi connectivity index (χ0v) is 11.3. The Kier molecular flexibility index (Phi) is 5.11. The van der Waals surface area contributed by atoms with E-state index < -0.39 is 0 Å². The van der Waals surface area contributed by atoms with Crippen LogP contribution in [0.4, 0.5) is 0 Å². The molecular formula is C14H29N. The summed E-state index contributed by atoms with van der Waals surface area (Å²) >= 11 is 0. The Morgan fingerprint density at radius 1 is 1.20 bits per heavy atom. The van der Waals surface area contributed by atoms with Crippen molar-refractivity contribution < 1.29 is 0 Å². The van der Waals surface area contributed by atoms with Crippen molar-refractivity contribution in [1.29, 1.82) is 0 Å². The van der Waals surface area contributed by atoms with Gasteiger partial charge in [-0.1, -0.05) is 20.8 Å². The first-order valence-electron chi connectivity index (χ1n) is 6.74. The highest BCUT2D eigenvalue weighted by Gasteiger charge is 2.25. The Morgan fingerprint density at radius 2 is 1.87 bits per heavy atom. The molecule has 1 rings (SSSR count). The SMILES string of the molecule is CC(C)CC1CCCN(C(C)C)C[C@H]1C. The van der Waals surface area contributed by atoms with Gasteiger partial charge in [0.2, 0.25) is 0 Å². The lowest BCUT2D eigenvalue weighted by Crippen LogP contribution is -2.34. The van der Waals surface area contributed by atoms with Crippen LogP contribution in [0, 0.1) is 17.8 Å². The summed E-state index contributed by atoms with van der Waals surface area (Å²) in [5.41, 5.74) is 0. The summed E-state index contributed by atoms with van der Waals surface area (Å²) in [5.74, 6) is 2.72. The number of nitrogens with zero attached hydrogens (tertiary/aromatic N) is 1. The average molecular weight is 211 g/mol. The van der Waals surface area contributed by atoms with Gasteiger partial charge < -0.3 is 4.90 Å². The summed E-state index contributed by atoms with van der Waals surface area (Å²) in [6.07, 6.45) is 4.27. The van der Waals surface area contributed by atoms with Gasteiger partial charge in [-0.2, -0.15) is 0 Å². The van der Waals surface area contributed by atoms with Crippen LogP contribution >= 0.6 is 0 Å². The molecule has 0 amide bonds. The fraction of sp³-hybridized carbons (Fsp3) is 1.00. The standard InChI is InChI=1S/C14H29N/c1-11(2)9-14-7-6-8-15(12(3)4)10-13(14)5/h11-14H,6-10H2,1-5H3/t13-,14?/m1/s1. The number of hydrogen-bond donors (Lipinski definition) is 0. The van der Waals surface area contributed by atoms with E-state index in [2.05, 4.69) is 39.5 Å². The van der Waals surface area contributed by atoms with E-state index in [9.17, 15) is 0 Å². The van der Waals surface area contributed by atoms with E-state index in [0.717, 1.165) is 23.8 Å². The van der Waals surface area contributed by atoms with Crippen molar-refractivity contribution in [1.82, 2.24) is 4.90 Å². The molecule has 90 valence electrons. The van der Waals surface area contributed by atoms with E-state index in [1.807, 2.05) is 0 Å². The summed E-state index contributed by atoms with van der Waals surface area (Å²) in [6, 6.07) is 0.727. The van der Waals surface area contributed by atoms with Crippen molar-refractivity contribution in [2.75, 3.05) is 13.1 Å². The maximum absolute atomic E-state index is 2.66. The van der Waals surface area contributed by atoms with Crippen LogP contribution in [0.3, 0.4) is 0 Å². The molecule has 1 aliphatic rings. The first-order valence-corrected chi connectivity index (χ1v) is 6.74. The Morgan fingerprint density at radius 3 is 2.40 bits per heavy atom. The third-order valence-corrected chi connectivity index (χ3v) is 3.85. The zero-order valence-electron chi connectivity index (χ0n) is 11.3. The van der Waals surface area contributed by atoms with Crippen LogP contribution in [0.5, 0.6) is 0 Å². The first-order chi connectivity index (χ1) is 7.00. The van der Waals surface area contributed by atoms with Gasteiger partial charge in [0.05, 0.1) is 0 Å². The maximum Gasteiger partial charge on any atom is 0.00387 e. The molecule has 0 bridgehead atoms. The largest absolute Gasteiger partial charge is 0.301 e. The van der Waals surface area contributed by atoms with Gasteiger partial charge in [-0.15, -0.1) is 0 Å². The third kappa shape index (κ3) is 4.14. The van der Waals surface area contributed by atoms with Crippen molar-refractivity contribution in [3.8, 4) is 0 Å². The molecule has 0 aromatic carbocycles. The molecule has 1 unspecified atom stereocenters. The summed E-state index contributed by atoms with van der Waals surface area (Å²) in [7, 11) is 0. The lowest BCUT2D eigenvalue weighted by Gasteiger charge is -2.29. The lowest BCUT2D eigenvalue weighted by molar-refractivity contribution is 0.187. The Hall–Kier alpha value is -0.0400. The summed E-state index contributed by atoms with van der Waals surface area (Å²) in [5, 5.41) is 0. The molecule has 0 aromatic heterocycles. The van der Waals surface area contributed by atoms with Crippen LogP contribution in [0.15, 0.2) is 0 Å². The fourth-order valence-electron chi connectivity index (χ4n) is 2.88. The van der Waals surface area contributed by atoms with E-state index in [-0.39, 0.29) is 0 Å². The highest BCUT2D eigenvalue weighted by atomic mass is 15.1. The summed E-state index contributed by atoms with van der Waals surface area (Å²) in [6.45, 7) is 14.5. The van der Waals surface area contributed by atoms with Gasteiger partial charge in [0.1, 0.15) is 0 Å². The minimum atomic E-state index is 0.727. The van der Waals surface area contributed by atoms with Crippen LogP contribution in [-0.2, 0) is 0 Å². The third-order valence-electron chi connectivity index (χ3n) is 3.85. The molecule has 0 radical (unpaired) electrons. The average Bonchev–Trinajstić information content (AvgIpc) is 2.28. The van der Waals surface area contributed by atoms with Crippen LogP contribution in [0.2, 0.25) is 0 Å². The smallest absolute Gasteiger partial charge is 0.00387 e. The van der Waals surface area contributed by atoms with Crippen molar-refractivity contribution in [3.63, 3.8) is 0 Å². The van der Waals surface area contributed by atoms with E-state index in [1.165, 1.54) is 32.4 Å². The fourth-order valence-corrected chi connectivity index (χ4v) is 2.88. The molecule has 1 saturated heterocycles. The molecule has 1 fully saturated rings. The molecule has 0 saturated carbocycles. The van der Waals surface area contributed by atoms with Gasteiger partial charge in [0.15, 0.2) is 0 Å². The molecular weight excluding hydrogens is 182 g/mol. The minimum absolute atomic E-state index is 0.727. The monoisotopic (exact) mass is 211 g/mol. The molecule has 0 aliphatic carbocycles. The van der Waals surface area contributed by atoms with E-state index in [1.54, 1.807) is 0 Å². The first kappa shape index (κ1) is 13.0. The van der Waals surface area contributed by atoms with E-state index in [0.29, 0.717) is 0 Å². The highest BCUT2D eigenvalue weighted by Crippen LogP contribution is 2.29. The predicted octanol–water partition coefficient (Wildman–Crippen LogP) is 3.79. The zero-order chi connectivity index (χ0) is 11.4. The molecule has 1 nitrogen and oxygen atoms in total. The molecule has 1 aliphatic heterocycles. The van der Waals surface area contributed by atoms with Gasteiger partial charge in [-0.25, -0.2) is 0 Å². The molecule has 15 heavy (non-hydrogen) atoms. The molecule has 0 aromatic rings. The molecule has 0 N–H and O–H groups in total. The van der Waals surface area contributed by atoms with Crippen molar-refractivity contribution in [2.45, 2.75) is 59.9 Å². The van der Waals surface area contributed by atoms with E-state index in [4.69, 9.17) is 0 Å². The number of hydrogen-bond acceptors (Lipinski definition) is 1. The van der Waals surface area contributed by atoms with Gasteiger partial charge in [0, 0.05) is 12.6 Å². The van der Waals surface area contributed by atoms with Gasteiger partial charge in [0.25, 0.3) is 0 Å². The normalized spacial score (nSPS) is 29.8. The van der Waals surface area contributed by atoms with Crippen molar-refractivity contribution in [3.05, 3.63) is 0 Å². The van der Waals surface area contributed by atoms with Crippen molar-refractivity contribution in [2.24, 2.45) is 17.8 Å². The maximum atomic E-state index is 2.66. The minimum Gasteiger partial charge on any atom is -0.301 e. The van der Waals surface area contributed by atoms with Gasteiger partial charge in [-0.3, -0.25) is 0 Å². The van der Waals surface area contributed by atoms with Gasteiger partial charge in [-0.05, 0) is 57.4 Å². The summed E-state index contributed by atoms with van der Waals surface area (Å²) in [4.78, 5) is 2.66. The Balaban J connectivity index is 2.50. The molecule has 1 heterocycles. The van der Waals surface area contributed by atoms with Crippen LogP contribution in [0.25, 0.3) is 0 Å². The lowest BCUT2D eigenvalue weighted by atomic mass is 9.84. The number of rotatable bonds is 3. The van der Waals surface area contributed by atoms with Crippen LogP contribution < -0.4 is 0 Å². The van der Waals surface area contributed by atoms with Gasteiger partial charge >= 0.3 is 0 Å². The Labute approximate surface area is 96.2 Å². The second-order valence-electron chi connectivity index (χ2n) is 6.10. The predicted molar refractivity (Wildman–Crippen MR) is 68.1 cm³/mol. The van der Waals surface area contributed by atoms with Crippen LogP contribution in [-0.4, -0.2) is 24.0 Å². The molecule has 2 atom stereocenters. The summed E-state index contributed by atoms with van der Waals surface area (Å²) < 4.78 is 0. The second kappa shape index (κ2) is 5.89. The number of likely N-dealkylation sites (tertiary alicyclic amines) is 1. The van der Waals surface area contributed by atoms with Crippen molar-refractivity contribution >= 4 is 0 Å². The molecule has 0 spiro atoms. The van der Waals surface area contributed by atoms with E-state index >= 15 is 0 Å². The van der Waals surface area contributed by atoms with Crippen LogP contribution in [0.1, 0.15) is 53.9 Å². The second-order valence-corrected chi connectivity index (χ2v) is 6.10. The quantitative estimate of drug-likeness (QED) is 0.686. The molecule has 1 heteroatoms. The topological polar surface area (TPSA) is 3.24 Å². The highest BCUT2D eigenvalue weighted by molar-refractivity contribution is 4.77.